The number of ether oxygens (including phenoxy) is 2. The van der Waals surface area contributed by atoms with Crippen LogP contribution in [0.15, 0.2) is 24.3 Å². The van der Waals surface area contributed by atoms with E-state index in [4.69, 9.17) is 9.47 Å². The van der Waals surface area contributed by atoms with Gasteiger partial charge in [-0.1, -0.05) is 12.8 Å². The third-order valence-electron chi connectivity index (χ3n) is 5.41. The molecule has 1 aromatic rings. The summed E-state index contributed by atoms with van der Waals surface area (Å²) in [5.74, 6) is -0.151. The molecule has 2 aliphatic heterocycles. The minimum atomic E-state index is -0.416. The number of imide groups is 1. The van der Waals surface area contributed by atoms with Crippen LogP contribution in [0.5, 0.6) is 5.75 Å². The van der Waals surface area contributed by atoms with Crippen LogP contribution in [0, 0.1) is 11.8 Å². The van der Waals surface area contributed by atoms with Gasteiger partial charge < -0.3 is 14.4 Å². The van der Waals surface area contributed by atoms with Gasteiger partial charge in [0.15, 0.2) is 0 Å². The Balaban J connectivity index is 1.45. The van der Waals surface area contributed by atoms with Gasteiger partial charge in [-0.05, 0) is 37.1 Å². The summed E-state index contributed by atoms with van der Waals surface area (Å²) in [7, 11) is 0. The van der Waals surface area contributed by atoms with E-state index in [2.05, 4.69) is 0 Å². The van der Waals surface area contributed by atoms with Gasteiger partial charge in [0.05, 0.1) is 30.7 Å². The van der Waals surface area contributed by atoms with E-state index in [1.54, 1.807) is 29.2 Å². The lowest BCUT2D eigenvalue weighted by Gasteiger charge is -2.25. The summed E-state index contributed by atoms with van der Waals surface area (Å²) in [6.07, 6.45) is 3.18. The molecule has 2 saturated heterocycles. The molecule has 1 aromatic carbocycles. The zero-order valence-corrected chi connectivity index (χ0v) is 14.6. The zero-order chi connectivity index (χ0) is 18.1. The third kappa shape index (κ3) is 3.07. The first-order valence-corrected chi connectivity index (χ1v) is 9.17. The molecule has 138 valence electrons. The van der Waals surface area contributed by atoms with E-state index in [-0.39, 0.29) is 23.7 Å². The van der Waals surface area contributed by atoms with Crippen LogP contribution in [-0.4, -0.2) is 49.1 Å². The highest BCUT2D eigenvalue weighted by Gasteiger charge is 2.48. The second kappa shape index (κ2) is 7.07. The van der Waals surface area contributed by atoms with Gasteiger partial charge in [0.1, 0.15) is 5.75 Å². The van der Waals surface area contributed by atoms with Gasteiger partial charge in [-0.15, -0.1) is 0 Å². The summed E-state index contributed by atoms with van der Waals surface area (Å²) in [4.78, 5) is 40.2. The first-order valence-electron chi connectivity index (χ1n) is 9.17. The lowest BCUT2D eigenvalue weighted by molar-refractivity contribution is -0.122. The van der Waals surface area contributed by atoms with Crippen molar-refractivity contribution in [3.8, 4) is 5.75 Å². The summed E-state index contributed by atoms with van der Waals surface area (Å²) in [6.45, 7) is 2.04. The zero-order valence-electron chi connectivity index (χ0n) is 14.6. The number of hydrogen-bond acceptors (Lipinski definition) is 5. The van der Waals surface area contributed by atoms with E-state index in [1.807, 2.05) is 0 Å². The van der Waals surface area contributed by atoms with Crippen molar-refractivity contribution in [2.75, 3.05) is 31.2 Å². The molecule has 7 heteroatoms. The van der Waals surface area contributed by atoms with Gasteiger partial charge in [-0.3, -0.25) is 14.5 Å². The fourth-order valence-corrected chi connectivity index (χ4v) is 3.99. The molecular weight excluding hydrogens is 336 g/mol. The minimum absolute atomic E-state index is 0.0993. The Bertz CT molecular complexity index is 687. The fraction of sp³-hybridized carbons (Fsp3) is 0.526. The van der Waals surface area contributed by atoms with Gasteiger partial charge in [0.2, 0.25) is 11.8 Å². The number of benzene rings is 1. The Hall–Kier alpha value is -2.41. The van der Waals surface area contributed by atoms with Crippen molar-refractivity contribution in [1.29, 1.82) is 0 Å². The second-order valence-corrected chi connectivity index (χ2v) is 6.97. The highest BCUT2D eigenvalue weighted by atomic mass is 16.6. The average molecular weight is 358 g/mol. The second-order valence-electron chi connectivity index (χ2n) is 6.97. The molecule has 3 amide bonds. The smallest absolute Gasteiger partial charge is 0.410 e. The van der Waals surface area contributed by atoms with Crippen LogP contribution in [0.4, 0.5) is 10.5 Å². The van der Waals surface area contributed by atoms with Crippen LogP contribution < -0.4 is 9.64 Å². The molecule has 4 rings (SSSR count). The molecule has 0 N–H and O–H groups in total. The van der Waals surface area contributed by atoms with E-state index in [0.29, 0.717) is 37.7 Å². The predicted molar refractivity (Wildman–Crippen MR) is 92.8 cm³/mol. The monoisotopic (exact) mass is 358 g/mol. The normalized spacial score (nSPS) is 26.0. The average Bonchev–Trinajstić information content (AvgIpc) is 2.94. The summed E-state index contributed by atoms with van der Waals surface area (Å²) >= 11 is 0. The van der Waals surface area contributed by atoms with Crippen LogP contribution in [0.2, 0.25) is 0 Å². The summed E-state index contributed by atoms with van der Waals surface area (Å²) in [6, 6.07) is 6.57. The number of morpholine rings is 1. The van der Waals surface area contributed by atoms with Crippen LogP contribution in [0.25, 0.3) is 0 Å². The predicted octanol–water partition coefficient (Wildman–Crippen LogP) is 2.20. The Kier molecular flexibility index (Phi) is 4.63. The van der Waals surface area contributed by atoms with E-state index in [1.165, 1.54) is 4.90 Å². The van der Waals surface area contributed by atoms with Gasteiger partial charge >= 0.3 is 6.09 Å². The molecule has 2 atom stereocenters. The number of carbonyl (C=O) groups excluding carboxylic acids is 3. The molecule has 1 aliphatic carbocycles. The van der Waals surface area contributed by atoms with Crippen LogP contribution in [0.1, 0.15) is 25.7 Å². The summed E-state index contributed by atoms with van der Waals surface area (Å²) in [5, 5.41) is 0. The Morgan fingerprint density at radius 1 is 0.962 bits per heavy atom. The lowest BCUT2D eigenvalue weighted by atomic mass is 9.81. The van der Waals surface area contributed by atoms with Crippen molar-refractivity contribution < 1.29 is 23.9 Å². The third-order valence-corrected chi connectivity index (χ3v) is 5.41. The Morgan fingerprint density at radius 3 is 2.12 bits per heavy atom. The van der Waals surface area contributed by atoms with Gasteiger partial charge in [-0.25, -0.2) is 4.79 Å². The first kappa shape index (κ1) is 17.0. The molecule has 2 heterocycles. The van der Waals surface area contributed by atoms with Gasteiger partial charge in [0, 0.05) is 13.1 Å². The number of amides is 3. The first-order chi connectivity index (χ1) is 12.6. The molecule has 0 bridgehead atoms. The molecule has 0 spiro atoms. The molecule has 0 aromatic heterocycles. The van der Waals surface area contributed by atoms with E-state index >= 15 is 0 Å². The standard InChI is InChI=1S/C19H22N2O5/c22-17-15-3-1-2-4-16(15)18(23)21(17)13-5-7-14(8-6-13)26-19(24)20-9-11-25-12-10-20/h5-8,15-16H,1-4,9-12H2. The van der Waals surface area contributed by atoms with Crippen LogP contribution in [0.3, 0.4) is 0 Å². The van der Waals surface area contributed by atoms with Gasteiger partial charge in [0.25, 0.3) is 0 Å². The van der Waals surface area contributed by atoms with Crippen molar-refractivity contribution in [2.45, 2.75) is 25.7 Å². The molecular formula is C19H22N2O5. The number of carbonyl (C=O) groups is 3. The van der Waals surface area contributed by atoms with Crippen LogP contribution in [-0.2, 0) is 14.3 Å². The maximum Gasteiger partial charge on any atom is 0.415 e. The van der Waals surface area contributed by atoms with E-state index < -0.39 is 6.09 Å². The van der Waals surface area contributed by atoms with Crippen molar-refractivity contribution in [1.82, 2.24) is 4.90 Å². The lowest BCUT2D eigenvalue weighted by Crippen LogP contribution is -2.42. The topological polar surface area (TPSA) is 76.2 Å². The minimum Gasteiger partial charge on any atom is -0.410 e. The molecule has 2 unspecified atom stereocenters. The highest BCUT2D eigenvalue weighted by Crippen LogP contribution is 2.40. The maximum absolute atomic E-state index is 12.6. The quantitative estimate of drug-likeness (QED) is 0.758. The SMILES string of the molecule is O=C(Oc1ccc(N2C(=O)C3CCCCC3C2=O)cc1)N1CCOCC1. The molecule has 3 aliphatic rings. The van der Waals surface area contributed by atoms with E-state index in [9.17, 15) is 14.4 Å². The summed E-state index contributed by atoms with van der Waals surface area (Å²) in [5.41, 5.74) is 0.542. The van der Waals surface area contributed by atoms with Crippen molar-refractivity contribution >= 4 is 23.6 Å². The molecule has 26 heavy (non-hydrogen) atoms. The number of nitrogens with zero attached hydrogens (tertiary/aromatic N) is 2. The van der Waals surface area contributed by atoms with E-state index in [0.717, 1.165) is 25.7 Å². The number of hydrogen-bond donors (Lipinski definition) is 0. The fourth-order valence-electron chi connectivity index (χ4n) is 3.99. The van der Waals surface area contributed by atoms with Crippen molar-refractivity contribution in [3.63, 3.8) is 0 Å². The van der Waals surface area contributed by atoms with Gasteiger partial charge in [-0.2, -0.15) is 0 Å². The number of anilines is 1. The molecule has 7 nitrogen and oxygen atoms in total. The number of rotatable bonds is 2. The Morgan fingerprint density at radius 2 is 1.54 bits per heavy atom. The largest absolute Gasteiger partial charge is 0.415 e. The van der Waals surface area contributed by atoms with Crippen LogP contribution >= 0.6 is 0 Å². The van der Waals surface area contributed by atoms with Crippen molar-refractivity contribution in [2.24, 2.45) is 11.8 Å². The molecule has 3 fully saturated rings. The molecule has 1 saturated carbocycles. The highest BCUT2D eigenvalue weighted by molar-refractivity contribution is 6.22. The molecule has 0 radical (unpaired) electrons. The number of fused-ring (bicyclic) bond motifs is 1. The Labute approximate surface area is 151 Å². The van der Waals surface area contributed by atoms with Crippen molar-refractivity contribution in [3.05, 3.63) is 24.3 Å². The summed E-state index contributed by atoms with van der Waals surface area (Å²) < 4.78 is 10.6. The maximum atomic E-state index is 12.6.